The highest BCUT2D eigenvalue weighted by Gasteiger charge is 2.37. The van der Waals surface area contributed by atoms with Crippen molar-refractivity contribution in [2.75, 3.05) is 19.4 Å². The van der Waals surface area contributed by atoms with Gasteiger partial charge in [-0.15, -0.1) is 0 Å². The van der Waals surface area contributed by atoms with E-state index in [0.29, 0.717) is 6.42 Å². The molecule has 0 aromatic carbocycles. The SMILES string of the molecule is CC(C)(C)OC(=O)N1CC(N=[N+]=[N-])C[C@H]1COS(C)(=O)=O. The first-order chi connectivity index (χ1) is 9.52. The summed E-state index contributed by atoms with van der Waals surface area (Å²) in [6.07, 6.45) is 0.684. The first-order valence-corrected chi connectivity index (χ1v) is 8.22. The first-order valence-electron chi connectivity index (χ1n) is 6.40. The van der Waals surface area contributed by atoms with E-state index in [9.17, 15) is 13.2 Å². The molecule has 1 fully saturated rings. The van der Waals surface area contributed by atoms with Gasteiger partial charge in [-0.2, -0.15) is 8.42 Å². The fourth-order valence-corrected chi connectivity index (χ4v) is 2.36. The van der Waals surface area contributed by atoms with Crippen molar-refractivity contribution in [3.8, 4) is 0 Å². The topological polar surface area (TPSA) is 122 Å². The van der Waals surface area contributed by atoms with E-state index < -0.39 is 33.9 Å². The quantitative estimate of drug-likeness (QED) is 0.337. The van der Waals surface area contributed by atoms with Crippen LogP contribution in [0.25, 0.3) is 10.4 Å². The Bertz CT molecular complexity index is 535. The summed E-state index contributed by atoms with van der Waals surface area (Å²) < 4.78 is 32.1. The van der Waals surface area contributed by atoms with Gasteiger partial charge in [-0.3, -0.25) is 4.18 Å². The molecule has 2 atom stereocenters. The van der Waals surface area contributed by atoms with E-state index in [2.05, 4.69) is 10.0 Å². The zero-order valence-corrected chi connectivity index (χ0v) is 13.3. The van der Waals surface area contributed by atoms with Gasteiger partial charge in [-0.25, -0.2) is 4.79 Å². The molecule has 21 heavy (non-hydrogen) atoms. The molecular weight excluding hydrogens is 300 g/mol. The van der Waals surface area contributed by atoms with Crippen LogP contribution in [-0.2, 0) is 19.0 Å². The summed E-state index contributed by atoms with van der Waals surface area (Å²) in [5.41, 5.74) is 7.81. The lowest BCUT2D eigenvalue weighted by Gasteiger charge is -2.28. The van der Waals surface area contributed by atoms with E-state index in [1.54, 1.807) is 20.8 Å². The van der Waals surface area contributed by atoms with Gasteiger partial charge >= 0.3 is 6.09 Å². The number of hydrogen-bond acceptors (Lipinski definition) is 6. The Hall–Kier alpha value is -1.51. The van der Waals surface area contributed by atoms with E-state index in [4.69, 9.17) is 14.5 Å². The third kappa shape index (κ3) is 6.19. The monoisotopic (exact) mass is 320 g/mol. The van der Waals surface area contributed by atoms with E-state index in [-0.39, 0.29) is 13.2 Å². The van der Waals surface area contributed by atoms with Crippen LogP contribution in [0.15, 0.2) is 5.11 Å². The molecule has 0 saturated carbocycles. The second-order valence-corrected chi connectivity index (χ2v) is 7.51. The molecule has 0 N–H and O–H groups in total. The minimum absolute atomic E-state index is 0.177. The van der Waals surface area contributed by atoms with Crippen molar-refractivity contribution in [3.05, 3.63) is 10.4 Å². The summed E-state index contributed by atoms with van der Waals surface area (Å²) in [6.45, 7) is 5.18. The summed E-state index contributed by atoms with van der Waals surface area (Å²) in [5, 5.41) is 3.57. The molecule has 0 aromatic heterocycles. The lowest BCUT2D eigenvalue weighted by atomic mass is 10.2. The van der Waals surface area contributed by atoms with Gasteiger partial charge in [0.25, 0.3) is 10.1 Å². The number of likely N-dealkylation sites (tertiary alicyclic amines) is 1. The molecule has 120 valence electrons. The smallest absolute Gasteiger partial charge is 0.410 e. The molecule has 0 spiro atoms. The number of azide groups is 1. The van der Waals surface area contributed by atoms with Crippen LogP contribution in [0.2, 0.25) is 0 Å². The highest BCUT2D eigenvalue weighted by molar-refractivity contribution is 7.85. The van der Waals surface area contributed by atoms with Gasteiger partial charge in [0, 0.05) is 11.5 Å². The Kier molecular flexibility index (Phi) is 5.43. The fraction of sp³-hybridized carbons (Fsp3) is 0.909. The van der Waals surface area contributed by atoms with E-state index in [1.807, 2.05) is 0 Å². The van der Waals surface area contributed by atoms with Crippen LogP contribution in [0.4, 0.5) is 4.79 Å². The normalized spacial score (nSPS) is 22.8. The average Bonchev–Trinajstić information content (AvgIpc) is 2.67. The van der Waals surface area contributed by atoms with Crippen LogP contribution in [0.5, 0.6) is 0 Å². The largest absolute Gasteiger partial charge is 0.444 e. The molecular formula is C11H20N4O5S. The van der Waals surface area contributed by atoms with Crippen LogP contribution in [0.3, 0.4) is 0 Å². The third-order valence-corrected chi connectivity index (χ3v) is 3.27. The van der Waals surface area contributed by atoms with Crippen molar-refractivity contribution < 1.29 is 22.1 Å². The summed E-state index contributed by atoms with van der Waals surface area (Å²) in [7, 11) is -3.61. The molecule has 0 aliphatic carbocycles. The van der Waals surface area contributed by atoms with Crippen molar-refractivity contribution in [2.45, 2.75) is 44.9 Å². The minimum atomic E-state index is -3.61. The van der Waals surface area contributed by atoms with E-state index >= 15 is 0 Å². The fourth-order valence-electron chi connectivity index (χ4n) is 1.95. The Balaban J connectivity index is 2.80. The summed E-state index contributed by atoms with van der Waals surface area (Å²) in [6, 6.07) is -0.930. The van der Waals surface area contributed by atoms with E-state index in [0.717, 1.165) is 6.26 Å². The molecule has 1 heterocycles. The molecule has 1 unspecified atom stereocenters. The number of ether oxygens (including phenoxy) is 1. The Morgan fingerprint density at radius 3 is 2.57 bits per heavy atom. The van der Waals surface area contributed by atoms with Gasteiger partial charge in [0.1, 0.15) is 5.60 Å². The maximum Gasteiger partial charge on any atom is 0.410 e. The highest BCUT2D eigenvalue weighted by Crippen LogP contribution is 2.24. The van der Waals surface area contributed by atoms with Crippen molar-refractivity contribution in [1.29, 1.82) is 0 Å². The van der Waals surface area contributed by atoms with Gasteiger partial charge in [0.05, 0.1) is 24.9 Å². The van der Waals surface area contributed by atoms with Crippen LogP contribution in [0, 0.1) is 0 Å². The maximum atomic E-state index is 12.1. The predicted octanol–water partition coefficient (Wildman–Crippen LogP) is 1.65. The summed E-state index contributed by atoms with van der Waals surface area (Å²) >= 11 is 0. The zero-order chi connectivity index (χ0) is 16.3. The molecule has 0 aromatic rings. The maximum absolute atomic E-state index is 12.1. The molecule has 1 aliphatic rings. The second kappa shape index (κ2) is 6.50. The molecule has 10 heteroatoms. The second-order valence-electron chi connectivity index (χ2n) is 5.87. The lowest BCUT2D eigenvalue weighted by Crippen LogP contribution is -2.42. The molecule has 0 bridgehead atoms. The van der Waals surface area contributed by atoms with Crippen LogP contribution in [-0.4, -0.2) is 56.5 Å². The zero-order valence-electron chi connectivity index (χ0n) is 12.5. The van der Waals surface area contributed by atoms with Crippen molar-refractivity contribution in [2.24, 2.45) is 5.11 Å². The van der Waals surface area contributed by atoms with Gasteiger partial charge in [0.2, 0.25) is 0 Å². The highest BCUT2D eigenvalue weighted by atomic mass is 32.2. The number of nitrogens with zero attached hydrogens (tertiary/aromatic N) is 4. The summed E-state index contributed by atoms with van der Waals surface area (Å²) in [5.74, 6) is 0. The number of amides is 1. The minimum Gasteiger partial charge on any atom is -0.444 e. The Labute approximate surface area is 123 Å². The Morgan fingerprint density at radius 2 is 2.10 bits per heavy atom. The molecule has 1 amide bonds. The van der Waals surface area contributed by atoms with Gasteiger partial charge in [-0.1, -0.05) is 5.11 Å². The third-order valence-electron chi connectivity index (χ3n) is 2.71. The number of hydrogen-bond donors (Lipinski definition) is 0. The molecule has 1 aliphatic heterocycles. The van der Waals surface area contributed by atoms with E-state index in [1.165, 1.54) is 4.90 Å². The van der Waals surface area contributed by atoms with Crippen LogP contribution >= 0.6 is 0 Å². The Morgan fingerprint density at radius 1 is 1.48 bits per heavy atom. The standard InChI is InChI=1S/C11H20N4O5S/c1-11(2,3)20-10(16)15-6-8(13-14-12)5-9(15)7-19-21(4,17)18/h8-9H,5-7H2,1-4H3/t8?,9-/m0/s1. The van der Waals surface area contributed by atoms with Gasteiger partial charge < -0.3 is 9.64 Å². The van der Waals surface area contributed by atoms with Crippen molar-refractivity contribution in [3.63, 3.8) is 0 Å². The predicted molar refractivity (Wildman–Crippen MR) is 75.1 cm³/mol. The van der Waals surface area contributed by atoms with Crippen molar-refractivity contribution in [1.82, 2.24) is 4.90 Å². The lowest BCUT2D eigenvalue weighted by molar-refractivity contribution is 0.0188. The average molecular weight is 320 g/mol. The van der Waals surface area contributed by atoms with Crippen LogP contribution < -0.4 is 0 Å². The molecule has 1 saturated heterocycles. The summed E-state index contributed by atoms with van der Waals surface area (Å²) in [4.78, 5) is 16.2. The van der Waals surface area contributed by atoms with Gasteiger partial charge in [-0.05, 0) is 32.7 Å². The molecule has 0 radical (unpaired) electrons. The van der Waals surface area contributed by atoms with Crippen LogP contribution in [0.1, 0.15) is 27.2 Å². The van der Waals surface area contributed by atoms with Crippen molar-refractivity contribution >= 4 is 16.2 Å². The molecule has 1 rings (SSSR count). The number of carbonyl (C=O) groups is 1. The molecule has 9 nitrogen and oxygen atoms in total. The number of rotatable bonds is 4. The number of carbonyl (C=O) groups excluding carboxylic acids is 1. The first kappa shape index (κ1) is 17.5. The van der Waals surface area contributed by atoms with Gasteiger partial charge in [0.15, 0.2) is 0 Å².